The van der Waals surface area contributed by atoms with E-state index in [4.69, 9.17) is 5.11 Å². The van der Waals surface area contributed by atoms with Crippen LogP contribution in [0.5, 0.6) is 0 Å². The van der Waals surface area contributed by atoms with E-state index in [1.807, 2.05) is 26.0 Å². The Labute approximate surface area is 254 Å². The first-order valence-corrected chi connectivity index (χ1v) is 16.3. The molecule has 0 aliphatic heterocycles. The van der Waals surface area contributed by atoms with Crippen molar-refractivity contribution < 1.29 is 36.6 Å². The number of benzene rings is 2. The fraction of sp³-hybridized carbons (Fsp3) is 0.452. The maximum absolute atomic E-state index is 13.8. The van der Waals surface area contributed by atoms with Crippen molar-refractivity contribution in [1.82, 2.24) is 9.62 Å². The Bertz CT molecular complexity index is 1530. The highest BCUT2D eigenvalue weighted by Gasteiger charge is 2.35. The maximum atomic E-state index is 13.8. The Morgan fingerprint density at radius 1 is 1.12 bits per heavy atom. The van der Waals surface area contributed by atoms with Gasteiger partial charge in [-0.05, 0) is 97.3 Å². The van der Waals surface area contributed by atoms with Gasteiger partial charge in [0.15, 0.2) is 0 Å². The van der Waals surface area contributed by atoms with Crippen LogP contribution < -0.4 is 5.32 Å². The number of nitrogens with zero attached hydrogens (tertiary/aromatic N) is 1. The quantitative estimate of drug-likeness (QED) is 0.225. The van der Waals surface area contributed by atoms with Crippen LogP contribution in [0.3, 0.4) is 0 Å². The van der Waals surface area contributed by atoms with Gasteiger partial charge in [0.2, 0.25) is 10.0 Å². The molecule has 234 valence electrons. The number of hydrogen-bond acceptors (Lipinski definition) is 6. The molecule has 0 amide bonds. The number of sulfonamides is 1. The van der Waals surface area contributed by atoms with E-state index >= 15 is 0 Å². The number of likely N-dealkylation sites (N-methyl/N-ethyl adjacent to an activating group) is 1. The number of fused-ring (bicyclic) bond motifs is 1. The van der Waals surface area contributed by atoms with Crippen molar-refractivity contribution in [1.29, 1.82) is 0 Å². The van der Waals surface area contributed by atoms with E-state index in [0.717, 1.165) is 41.0 Å². The molecular weight excluding hydrogens is 601 g/mol. The number of carboxylic acid groups (broad SMARTS) is 1. The summed E-state index contributed by atoms with van der Waals surface area (Å²) in [5.74, 6) is -0.602. The highest BCUT2D eigenvalue weighted by atomic mass is 32.2. The maximum Gasteiger partial charge on any atom is 0.416 e. The predicted octanol–water partition coefficient (Wildman–Crippen LogP) is 5.61. The summed E-state index contributed by atoms with van der Waals surface area (Å²) in [7, 11) is -3.19. The molecular formula is C31H37F3N2O5S2. The van der Waals surface area contributed by atoms with Crippen molar-refractivity contribution in [2.45, 2.75) is 68.7 Å². The molecule has 1 aliphatic rings. The average molecular weight is 639 g/mol. The number of nitrogens with one attached hydrogen (secondary N) is 1. The number of thiophene rings is 1. The van der Waals surface area contributed by atoms with Crippen molar-refractivity contribution in [3.8, 4) is 10.4 Å². The lowest BCUT2D eigenvalue weighted by Gasteiger charge is -2.31. The smallest absolute Gasteiger partial charge is 0.416 e. The first kappa shape index (κ1) is 33.1. The number of aliphatic hydroxyl groups excluding tert-OH is 1. The summed E-state index contributed by atoms with van der Waals surface area (Å²) >= 11 is 1.11. The minimum Gasteiger partial charge on any atom is -0.481 e. The second-order valence-corrected chi connectivity index (χ2v) is 14.8. The van der Waals surface area contributed by atoms with Gasteiger partial charge in [-0.2, -0.15) is 17.5 Å². The third-order valence-corrected chi connectivity index (χ3v) is 10.6. The number of halogens is 3. The average Bonchev–Trinajstić information content (AvgIpc) is 3.56. The Morgan fingerprint density at radius 2 is 1.77 bits per heavy atom. The number of hydrogen-bond donors (Lipinski definition) is 3. The van der Waals surface area contributed by atoms with Gasteiger partial charge in [0.05, 0.1) is 16.6 Å². The van der Waals surface area contributed by atoms with Crippen LogP contribution in [0.1, 0.15) is 48.9 Å². The van der Waals surface area contributed by atoms with E-state index in [9.17, 15) is 31.5 Å². The van der Waals surface area contributed by atoms with Gasteiger partial charge < -0.3 is 15.5 Å². The van der Waals surface area contributed by atoms with Crippen LogP contribution >= 0.6 is 11.3 Å². The van der Waals surface area contributed by atoms with E-state index in [0.29, 0.717) is 22.4 Å². The van der Waals surface area contributed by atoms with Gasteiger partial charge in [-0.15, -0.1) is 11.3 Å². The van der Waals surface area contributed by atoms with Gasteiger partial charge in [0.1, 0.15) is 0 Å². The second-order valence-electron chi connectivity index (χ2n) is 11.9. The number of rotatable bonds is 13. The summed E-state index contributed by atoms with van der Waals surface area (Å²) in [5, 5.41) is 24.7. The minimum absolute atomic E-state index is 0.0372. The van der Waals surface area contributed by atoms with Crippen LogP contribution in [0.25, 0.3) is 10.4 Å². The van der Waals surface area contributed by atoms with Crippen molar-refractivity contribution in [3.05, 3.63) is 76.2 Å². The zero-order valence-corrected chi connectivity index (χ0v) is 26.0. The molecule has 0 saturated heterocycles. The largest absolute Gasteiger partial charge is 0.481 e. The minimum atomic E-state index is -4.81. The Balaban J connectivity index is 1.45. The van der Waals surface area contributed by atoms with Crippen LogP contribution in [-0.2, 0) is 40.3 Å². The SMILES string of the molecule is CN(CC(O)CNC(C)(C)CC1Cc2ccccc2C1)S(=O)(=O)c1cc(-c2sccc2CCC(=O)O)cc(C(F)(F)F)c1. The lowest BCUT2D eigenvalue weighted by molar-refractivity contribution is -0.138. The van der Waals surface area contributed by atoms with E-state index < -0.39 is 38.7 Å². The third-order valence-electron chi connectivity index (χ3n) is 7.78. The molecule has 1 heterocycles. The molecule has 1 unspecified atom stereocenters. The first-order chi connectivity index (χ1) is 20.0. The number of carbonyl (C=O) groups is 1. The monoisotopic (exact) mass is 638 g/mol. The fourth-order valence-electron chi connectivity index (χ4n) is 5.69. The standard InChI is InChI=1S/C31H37F3N2O5S2/c1-30(2,17-20-12-22-6-4-5-7-23(22)13-20)35-18-26(37)19-36(3)43(40,41)27-15-24(14-25(16-27)31(32,33)34)29-21(10-11-42-29)8-9-28(38)39/h4-7,10-11,14-16,20,26,35,37H,8-9,12-13,17-19H2,1-3H3,(H,38,39). The summed E-state index contributed by atoms with van der Waals surface area (Å²) in [6, 6.07) is 12.6. The number of carboxylic acids is 1. The molecule has 1 aliphatic carbocycles. The van der Waals surface area contributed by atoms with Crippen molar-refractivity contribution in [2.75, 3.05) is 20.1 Å². The lowest BCUT2D eigenvalue weighted by Crippen LogP contribution is -2.47. The van der Waals surface area contributed by atoms with E-state index in [1.165, 1.54) is 24.2 Å². The van der Waals surface area contributed by atoms with Crippen molar-refractivity contribution >= 4 is 27.3 Å². The third kappa shape index (κ3) is 8.45. The molecule has 2 aromatic carbocycles. The van der Waals surface area contributed by atoms with Crippen molar-refractivity contribution in [3.63, 3.8) is 0 Å². The van der Waals surface area contributed by atoms with E-state index in [2.05, 4.69) is 17.4 Å². The van der Waals surface area contributed by atoms with Gasteiger partial charge in [0.25, 0.3) is 0 Å². The Kier molecular flexibility index (Phi) is 10.1. The van der Waals surface area contributed by atoms with Crippen molar-refractivity contribution in [2.24, 2.45) is 5.92 Å². The first-order valence-electron chi connectivity index (χ1n) is 14.0. The van der Waals surface area contributed by atoms with Crippen LogP contribution in [0, 0.1) is 5.92 Å². The second kappa shape index (κ2) is 13.1. The molecule has 1 atom stereocenters. The summed E-state index contributed by atoms with van der Waals surface area (Å²) in [4.78, 5) is 10.9. The summed E-state index contributed by atoms with van der Waals surface area (Å²) in [5.41, 5.74) is 1.80. The van der Waals surface area contributed by atoms with Crippen LogP contribution in [-0.4, -0.2) is 60.7 Å². The van der Waals surface area contributed by atoms with Gasteiger partial charge in [-0.1, -0.05) is 24.3 Å². The number of aryl methyl sites for hydroxylation is 1. The molecule has 7 nitrogen and oxygen atoms in total. The van der Waals surface area contributed by atoms with Gasteiger partial charge in [-0.25, -0.2) is 8.42 Å². The number of aliphatic hydroxyl groups is 1. The Morgan fingerprint density at radius 3 is 2.37 bits per heavy atom. The number of aliphatic carboxylic acids is 1. The summed E-state index contributed by atoms with van der Waals surface area (Å²) in [6.45, 7) is 3.84. The van der Waals surface area contributed by atoms with E-state index in [1.54, 1.807) is 11.4 Å². The molecule has 3 aromatic rings. The molecule has 0 radical (unpaired) electrons. The zero-order chi connectivity index (χ0) is 31.6. The zero-order valence-electron chi connectivity index (χ0n) is 24.3. The van der Waals surface area contributed by atoms with Crippen LogP contribution in [0.2, 0.25) is 0 Å². The number of β-amino-alcohol motifs (C(OH)–C–C–N with tert-alkyl or cyclic N) is 1. The molecule has 12 heteroatoms. The summed E-state index contributed by atoms with van der Waals surface area (Å²) < 4.78 is 69.3. The predicted molar refractivity (Wildman–Crippen MR) is 161 cm³/mol. The summed E-state index contributed by atoms with van der Waals surface area (Å²) in [6.07, 6.45) is -3.22. The molecule has 0 bridgehead atoms. The molecule has 43 heavy (non-hydrogen) atoms. The molecule has 1 aromatic heterocycles. The van der Waals surface area contributed by atoms with Gasteiger partial charge in [0, 0.05) is 37.0 Å². The number of alkyl halides is 3. The highest BCUT2D eigenvalue weighted by molar-refractivity contribution is 7.89. The molecule has 0 saturated carbocycles. The molecule has 3 N–H and O–H groups in total. The van der Waals surface area contributed by atoms with Gasteiger partial charge >= 0.3 is 12.1 Å². The highest BCUT2D eigenvalue weighted by Crippen LogP contribution is 2.38. The Hall–Kier alpha value is -2.77. The van der Waals surface area contributed by atoms with Crippen LogP contribution in [0.15, 0.2) is 58.8 Å². The fourth-order valence-corrected chi connectivity index (χ4v) is 7.92. The lowest BCUT2D eigenvalue weighted by atomic mass is 9.88. The molecule has 0 spiro atoms. The topological polar surface area (TPSA) is 107 Å². The van der Waals surface area contributed by atoms with Gasteiger partial charge in [-0.3, -0.25) is 4.79 Å². The van der Waals surface area contributed by atoms with E-state index in [-0.39, 0.29) is 37.0 Å². The molecule has 0 fully saturated rings. The van der Waals surface area contributed by atoms with Crippen LogP contribution in [0.4, 0.5) is 13.2 Å². The normalized spacial score (nSPS) is 15.2. The molecule has 4 rings (SSSR count).